The van der Waals surface area contributed by atoms with Gasteiger partial charge in [0.1, 0.15) is 23.7 Å². The molecule has 19 heavy (non-hydrogen) atoms. The number of aromatic carboxylic acids is 1. The maximum absolute atomic E-state index is 12.9. The minimum absolute atomic E-state index is 0.0601. The average molecular weight is 264 g/mol. The number of benzene rings is 1. The zero-order chi connectivity index (χ0) is 14.0. The summed E-state index contributed by atoms with van der Waals surface area (Å²) in [6.07, 6.45) is 1.28. The summed E-state index contributed by atoms with van der Waals surface area (Å²) in [5, 5.41) is 12.9. The van der Waals surface area contributed by atoms with Crippen molar-refractivity contribution in [2.75, 3.05) is 0 Å². The summed E-state index contributed by atoms with van der Waals surface area (Å²) in [7, 11) is 1.64. The fourth-order valence-electron chi connectivity index (χ4n) is 1.73. The van der Waals surface area contributed by atoms with E-state index in [1.165, 1.54) is 29.1 Å². The summed E-state index contributed by atoms with van der Waals surface area (Å²) in [6.45, 7) is 1.78. The Labute approximate surface area is 109 Å². The quantitative estimate of drug-likeness (QED) is 0.919. The molecule has 0 atom stereocenters. The van der Waals surface area contributed by atoms with Crippen molar-refractivity contribution < 1.29 is 19.0 Å². The molecule has 0 spiro atoms. The lowest BCUT2D eigenvalue weighted by Crippen LogP contribution is -2.09. The van der Waals surface area contributed by atoms with E-state index < -0.39 is 5.97 Å². The maximum Gasteiger partial charge on any atom is 0.339 e. The van der Waals surface area contributed by atoms with E-state index in [0.717, 1.165) is 0 Å². The van der Waals surface area contributed by atoms with Gasteiger partial charge in [-0.2, -0.15) is 5.10 Å². The van der Waals surface area contributed by atoms with Crippen molar-refractivity contribution in [2.24, 2.45) is 7.05 Å². The molecule has 5 nitrogen and oxygen atoms in total. The minimum Gasteiger partial charge on any atom is -0.487 e. The summed E-state index contributed by atoms with van der Waals surface area (Å²) < 4.78 is 19.9. The molecule has 0 saturated heterocycles. The smallest absolute Gasteiger partial charge is 0.339 e. The summed E-state index contributed by atoms with van der Waals surface area (Å²) in [5.74, 6) is -0.877. The van der Waals surface area contributed by atoms with Crippen molar-refractivity contribution in [2.45, 2.75) is 13.5 Å². The van der Waals surface area contributed by atoms with Crippen LogP contribution in [0.5, 0.6) is 5.75 Å². The Morgan fingerprint density at radius 3 is 2.89 bits per heavy atom. The molecule has 0 radical (unpaired) electrons. The third kappa shape index (κ3) is 2.73. The molecule has 0 unspecified atom stereocenters. The highest BCUT2D eigenvalue weighted by Crippen LogP contribution is 2.20. The molecule has 0 aliphatic heterocycles. The van der Waals surface area contributed by atoms with Gasteiger partial charge in [-0.1, -0.05) is 0 Å². The van der Waals surface area contributed by atoms with Crippen LogP contribution in [-0.2, 0) is 13.7 Å². The second kappa shape index (κ2) is 5.09. The molecule has 1 aromatic heterocycles. The van der Waals surface area contributed by atoms with E-state index in [1.54, 1.807) is 14.0 Å². The first-order valence-corrected chi connectivity index (χ1v) is 5.62. The number of halogens is 1. The van der Waals surface area contributed by atoms with Gasteiger partial charge in [0, 0.05) is 7.05 Å². The van der Waals surface area contributed by atoms with E-state index in [1.807, 2.05) is 0 Å². The van der Waals surface area contributed by atoms with Gasteiger partial charge in [0.15, 0.2) is 0 Å². The zero-order valence-corrected chi connectivity index (χ0v) is 10.6. The predicted octanol–water partition coefficient (Wildman–Crippen LogP) is 2.14. The first-order chi connectivity index (χ1) is 8.99. The van der Waals surface area contributed by atoms with Gasteiger partial charge in [-0.05, 0) is 30.7 Å². The van der Waals surface area contributed by atoms with Gasteiger partial charge in [-0.3, -0.25) is 4.68 Å². The highest BCUT2D eigenvalue weighted by Gasteiger charge is 2.15. The van der Waals surface area contributed by atoms with Crippen molar-refractivity contribution in [1.29, 1.82) is 0 Å². The first-order valence-electron chi connectivity index (χ1n) is 5.62. The van der Waals surface area contributed by atoms with Crippen molar-refractivity contribution in [3.05, 3.63) is 47.0 Å². The van der Waals surface area contributed by atoms with Crippen LogP contribution in [0.1, 0.15) is 21.6 Å². The Kier molecular flexibility index (Phi) is 3.50. The molecule has 0 amide bonds. The molecule has 0 bridgehead atoms. The molecule has 1 N–H and O–H groups in total. The van der Waals surface area contributed by atoms with Crippen LogP contribution in [0.4, 0.5) is 4.39 Å². The van der Waals surface area contributed by atoms with Crippen LogP contribution in [0.15, 0.2) is 24.4 Å². The third-order valence-corrected chi connectivity index (χ3v) is 2.79. The SMILES string of the molecule is Cc1cc(F)ccc1OCc1c(C(=O)O)cnn1C. The van der Waals surface area contributed by atoms with E-state index in [0.29, 0.717) is 17.0 Å². The Morgan fingerprint density at radius 1 is 1.53 bits per heavy atom. The van der Waals surface area contributed by atoms with Crippen LogP contribution < -0.4 is 4.74 Å². The van der Waals surface area contributed by atoms with Crippen molar-refractivity contribution >= 4 is 5.97 Å². The van der Waals surface area contributed by atoms with Crippen LogP contribution in [0, 0.1) is 12.7 Å². The van der Waals surface area contributed by atoms with Gasteiger partial charge in [0.2, 0.25) is 0 Å². The predicted molar refractivity (Wildman–Crippen MR) is 65.6 cm³/mol. The number of carboxylic acids is 1. The number of carboxylic acid groups (broad SMARTS) is 1. The molecular formula is C13H13FN2O3. The normalized spacial score (nSPS) is 10.5. The zero-order valence-electron chi connectivity index (χ0n) is 10.6. The molecule has 0 aliphatic rings. The average Bonchev–Trinajstić information content (AvgIpc) is 2.70. The molecule has 6 heteroatoms. The molecule has 2 rings (SSSR count). The van der Waals surface area contributed by atoms with Gasteiger partial charge in [0.05, 0.1) is 11.9 Å². The molecule has 0 aliphatic carbocycles. The Balaban J connectivity index is 2.19. The lowest BCUT2D eigenvalue weighted by Gasteiger charge is -2.10. The molecule has 1 aromatic carbocycles. The fraction of sp³-hybridized carbons (Fsp3) is 0.231. The van der Waals surface area contributed by atoms with Crippen molar-refractivity contribution in [3.63, 3.8) is 0 Å². The fourth-order valence-corrected chi connectivity index (χ4v) is 1.73. The summed E-state index contributed by atoms with van der Waals surface area (Å²) in [5.41, 5.74) is 1.21. The minimum atomic E-state index is -1.05. The molecule has 0 saturated carbocycles. The van der Waals surface area contributed by atoms with Gasteiger partial charge in [-0.15, -0.1) is 0 Å². The summed E-state index contributed by atoms with van der Waals surface area (Å²) >= 11 is 0. The van der Waals surface area contributed by atoms with E-state index in [2.05, 4.69) is 5.10 Å². The Morgan fingerprint density at radius 2 is 2.26 bits per heavy atom. The number of aryl methyl sites for hydroxylation is 2. The number of nitrogens with zero attached hydrogens (tertiary/aromatic N) is 2. The van der Waals surface area contributed by atoms with Crippen LogP contribution in [0.2, 0.25) is 0 Å². The summed E-state index contributed by atoms with van der Waals surface area (Å²) in [4.78, 5) is 11.0. The third-order valence-electron chi connectivity index (χ3n) is 2.79. The lowest BCUT2D eigenvalue weighted by molar-refractivity contribution is 0.0693. The van der Waals surface area contributed by atoms with E-state index in [-0.39, 0.29) is 18.0 Å². The molecule has 0 fully saturated rings. The van der Waals surface area contributed by atoms with Crippen LogP contribution in [-0.4, -0.2) is 20.9 Å². The number of rotatable bonds is 4. The highest BCUT2D eigenvalue weighted by molar-refractivity contribution is 5.88. The Bertz CT molecular complexity index is 622. The largest absolute Gasteiger partial charge is 0.487 e. The molecule has 1 heterocycles. The number of ether oxygens (including phenoxy) is 1. The van der Waals surface area contributed by atoms with Gasteiger partial charge >= 0.3 is 5.97 Å². The van der Waals surface area contributed by atoms with Crippen LogP contribution in [0.25, 0.3) is 0 Å². The Hall–Kier alpha value is -2.37. The van der Waals surface area contributed by atoms with E-state index >= 15 is 0 Å². The van der Waals surface area contributed by atoms with Crippen LogP contribution in [0.3, 0.4) is 0 Å². The van der Waals surface area contributed by atoms with Gasteiger partial charge in [-0.25, -0.2) is 9.18 Å². The van der Waals surface area contributed by atoms with E-state index in [4.69, 9.17) is 9.84 Å². The number of hydrogen-bond donors (Lipinski definition) is 1. The lowest BCUT2D eigenvalue weighted by atomic mass is 10.2. The topological polar surface area (TPSA) is 64.3 Å². The molecule has 2 aromatic rings. The van der Waals surface area contributed by atoms with Crippen molar-refractivity contribution in [1.82, 2.24) is 9.78 Å². The second-order valence-corrected chi connectivity index (χ2v) is 4.13. The second-order valence-electron chi connectivity index (χ2n) is 4.13. The maximum atomic E-state index is 12.9. The van der Waals surface area contributed by atoms with Gasteiger partial charge in [0.25, 0.3) is 0 Å². The molecular weight excluding hydrogens is 251 g/mol. The number of hydrogen-bond acceptors (Lipinski definition) is 3. The number of aromatic nitrogens is 2. The van der Waals surface area contributed by atoms with Crippen LogP contribution >= 0.6 is 0 Å². The standard InChI is InChI=1S/C13H13FN2O3/c1-8-5-9(14)3-4-12(8)19-7-11-10(13(17)18)6-15-16(11)2/h3-6H,7H2,1-2H3,(H,17,18). The van der Waals surface area contributed by atoms with Gasteiger partial charge < -0.3 is 9.84 Å². The highest BCUT2D eigenvalue weighted by atomic mass is 19.1. The monoisotopic (exact) mass is 264 g/mol. The number of carbonyl (C=O) groups is 1. The molecule has 100 valence electrons. The van der Waals surface area contributed by atoms with E-state index in [9.17, 15) is 9.18 Å². The first kappa shape index (κ1) is 13.1. The summed E-state index contributed by atoms with van der Waals surface area (Å²) in [6, 6.07) is 4.17. The van der Waals surface area contributed by atoms with Crippen molar-refractivity contribution in [3.8, 4) is 5.75 Å².